The van der Waals surface area contributed by atoms with Crippen LogP contribution in [0.5, 0.6) is 0 Å². The number of nitrogens with one attached hydrogen (secondary N) is 1. The number of halogens is 3. The zero-order chi connectivity index (χ0) is 19.2. The minimum atomic E-state index is -2.84. The van der Waals surface area contributed by atoms with Crippen molar-refractivity contribution >= 4 is 28.6 Å². The van der Waals surface area contributed by atoms with Crippen molar-refractivity contribution in [2.24, 2.45) is 0 Å². The van der Waals surface area contributed by atoms with Crippen LogP contribution in [-0.2, 0) is 6.42 Å². The lowest BCUT2D eigenvalue weighted by Crippen LogP contribution is -2.32. The first-order valence-electron chi connectivity index (χ1n) is 8.84. The maximum Gasteiger partial charge on any atom is 0.264 e. The van der Waals surface area contributed by atoms with Gasteiger partial charge in [0, 0.05) is 25.2 Å². The van der Waals surface area contributed by atoms with Crippen molar-refractivity contribution in [3.63, 3.8) is 0 Å². The highest BCUT2D eigenvalue weighted by molar-refractivity contribution is 6.29. The van der Waals surface area contributed by atoms with Gasteiger partial charge in [0.1, 0.15) is 0 Å². The molecule has 0 unspecified atom stereocenters. The molecule has 3 aromatic rings. The van der Waals surface area contributed by atoms with Crippen molar-refractivity contribution in [1.82, 2.24) is 19.9 Å². The molecule has 1 atom stereocenters. The van der Waals surface area contributed by atoms with E-state index in [4.69, 9.17) is 11.6 Å². The number of anilines is 2. The second kappa shape index (κ2) is 6.73. The first kappa shape index (κ1) is 18.1. The molecule has 4 rings (SSSR count). The van der Waals surface area contributed by atoms with Crippen LogP contribution in [0.1, 0.15) is 30.6 Å². The fraction of sp³-hybridized carbons (Fsp3) is 0.368. The number of aromatic nitrogens is 3. The van der Waals surface area contributed by atoms with Crippen molar-refractivity contribution in [3.05, 3.63) is 52.9 Å². The zero-order valence-electron chi connectivity index (χ0n) is 15.1. The van der Waals surface area contributed by atoms with Gasteiger partial charge in [-0.3, -0.25) is 0 Å². The van der Waals surface area contributed by atoms with Gasteiger partial charge >= 0.3 is 0 Å². The van der Waals surface area contributed by atoms with Gasteiger partial charge in [0.2, 0.25) is 0 Å². The van der Waals surface area contributed by atoms with Crippen LogP contribution >= 0.6 is 11.6 Å². The average Bonchev–Trinajstić information content (AvgIpc) is 3.02. The number of fused-ring (bicyclic) bond motifs is 3. The third-order valence-corrected chi connectivity index (χ3v) is 5.14. The molecule has 1 aliphatic rings. The monoisotopic (exact) mass is 391 g/mol. The number of alkyl halides is 2. The van der Waals surface area contributed by atoms with E-state index in [0.29, 0.717) is 10.7 Å². The number of hydrogen-bond donors (Lipinski definition) is 1. The van der Waals surface area contributed by atoms with E-state index in [2.05, 4.69) is 20.3 Å². The van der Waals surface area contributed by atoms with Gasteiger partial charge in [0.15, 0.2) is 10.8 Å². The van der Waals surface area contributed by atoms with E-state index in [-0.39, 0.29) is 0 Å². The van der Waals surface area contributed by atoms with Gasteiger partial charge in [-0.25, -0.2) is 18.3 Å². The maximum atomic E-state index is 13.8. The van der Waals surface area contributed by atoms with Gasteiger partial charge in [-0.2, -0.15) is 5.10 Å². The molecule has 0 amide bonds. The summed E-state index contributed by atoms with van der Waals surface area (Å²) in [6.07, 6.45) is 3.66. The molecule has 3 heterocycles. The highest BCUT2D eigenvalue weighted by Crippen LogP contribution is 2.36. The molecule has 0 saturated heterocycles. The Bertz CT molecular complexity index is 965. The molecule has 1 N–H and O–H groups in total. The largest absolute Gasteiger partial charge is 0.339 e. The molecule has 8 heteroatoms. The van der Waals surface area contributed by atoms with E-state index in [1.54, 1.807) is 29.8 Å². The minimum absolute atomic E-state index is 0.413. The Morgan fingerprint density at radius 3 is 2.67 bits per heavy atom. The smallest absolute Gasteiger partial charge is 0.264 e. The molecule has 0 fully saturated rings. The number of hydrogen-bond acceptors (Lipinski definition) is 4. The summed E-state index contributed by atoms with van der Waals surface area (Å²) in [5, 5.41) is 7.44. The number of rotatable bonds is 4. The fourth-order valence-electron chi connectivity index (χ4n) is 3.76. The van der Waals surface area contributed by atoms with E-state index in [1.807, 2.05) is 18.3 Å². The lowest BCUT2D eigenvalue weighted by atomic mass is 10.0. The molecule has 5 nitrogen and oxygen atoms in total. The van der Waals surface area contributed by atoms with Gasteiger partial charge in [-0.15, -0.1) is 0 Å². The van der Waals surface area contributed by atoms with E-state index >= 15 is 0 Å². The molecule has 142 valence electrons. The van der Waals surface area contributed by atoms with Crippen LogP contribution in [0, 0.1) is 0 Å². The Balaban J connectivity index is 1.70. The third kappa shape index (κ3) is 3.26. The molecule has 2 aromatic heterocycles. The summed E-state index contributed by atoms with van der Waals surface area (Å²) in [7, 11) is 1.54. The molecule has 0 aliphatic carbocycles. The van der Waals surface area contributed by atoms with Crippen LogP contribution in [0.3, 0.4) is 0 Å². The van der Waals surface area contributed by atoms with Crippen LogP contribution in [-0.4, -0.2) is 34.1 Å². The first-order valence-corrected chi connectivity index (χ1v) is 9.22. The summed E-state index contributed by atoms with van der Waals surface area (Å²) in [4.78, 5) is 6.59. The van der Waals surface area contributed by atoms with E-state index < -0.39 is 12.0 Å². The summed E-state index contributed by atoms with van der Waals surface area (Å²) in [6, 6.07) is 7.96. The first-order chi connectivity index (χ1) is 12.9. The summed E-state index contributed by atoms with van der Waals surface area (Å²) < 4.78 is 29.3. The molecule has 0 bridgehead atoms. The van der Waals surface area contributed by atoms with Crippen molar-refractivity contribution in [2.45, 2.75) is 31.7 Å². The normalized spacial score (nSPS) is 15.8. The summed E-state index contributed by atoms with van der Waals surface area (Å²) in [5.74, 6) is -2.84. The van der Waals surface area contributed by atoms with Crippen LogP contribution in [0.25, 0.3) is 5.65 Å². The second-order valence-electron chi connectivity index (χ2n) is 6.85. The standard InChI is InChI=1S/C19H20ClF2N5/c1-19(21,22)18(23-2)12-5-7-13(8-6-12)26-9-3-4-14-15(26)11-24-17-10-16(20)25-27(14)17/h5-8,10-11,18,23H,3-4,9H2,1-2H3/t18-/m0/s1. The number of benzene rings is 1. The SMILES string of the molecule is CN[C@@H](c1ccc(N2CCCc3c2cnc2cc(Cl)nn32)cc1)C(C)(F)F. The van der Waals surface area contributed by atoms with Gasteiger partial charge < -0.3 is 10.2 Å². The Kier molecular flexibility index (Phi) is 4.52. The molecular formula is C19H20ClF2N5. The molecule has 27 heavy (non-hydrogen) atoms. The Morgan fingerprint density at radius 1 is 1.26 bits per heavy atom. The van der Waals surface area contributed by atoms with Crippen molar-refractivity contribution < 1.29 is 8.78 Å². The Hall–Kier alpha value is -2.25. The number of nitrogens with zero attached hydrogens (tertiary/aromatic N) is 4. The van der Waals surface area contributed by atoms with E-state index in [9.17, 15) is 8.78 Å². The molecule has 1 aromatic carbocycles. The zero-order valence-corrected chi connectivity index (χ0v) is 15.8. The topological polar surface area (TPSA) is 45.5 Å². The van der Waals surface area contributed by atoms with Crippen molar-refractivity contribution in [2.75, 3.05) is 18.5 Å². The highest BCUT2D eigenvalue weighted by Gasteiger charge is 2.34. The maximum absolute atomic E-state index is 13.8. The van der Waals surface area contributed by atoms with Gasteiger partial charge in [0.25, 0.3) is 5.92 Å². The number of aryl methyl sites for hydroxylation is 1. The molecule has 0 spiro atoms. The Labute approximate surface area is 161 Å². The molecule has 1 aliphatic heterocycles. The highest BCUT2D eigenvalue weighted by atomic mass is 35.5. The van der Waals surface area contributed by atoms with Gasteiger partial charge in [0.05, 0.1) is 23.6 Å². The van der Waals surface area contributed by atoms with E-state index in [0.717, 1.165) is 49.0 Å². The fourth-order valence-corrected chi connectivity index (χ4v) is 3.93. The molecule has 0 radical (unpaired) electrons. The molecular weight excluding hydrogens is 372 g/mol. The summed E-state index contributed by atoms with van der Waals surface area (Å²) in [5.41, 5.74) is 4.23. The van der Waals surface area contributed by atoms with Crippen LogP contribution in [0.4, 0.5) is 20.2 Å². The lowest BCUT2D eigenvalue weighted by molar-refractivity contribution is -0.0169. The second-order valence-corrected chi connectivity index (χ2v) is 7.24. The van der Waals surface area contributed by atoms with Crippen molar-refractivity contribution in [3.8, 4) is 0 Å². The van der Waals surface area contributed by atoms with Crippen LogP contribution < -0.4 is 10.2 Å². The van der Waals surface area contributed by atoms with Gasteiger partial charge in [-0.05, 0) is 37.6 Å². The third-order valence-electron chi connectivity index (χ3n) is 4.95. The minimum Gasteiger partial charge on any atom is -0.339 e. The quantitative estimate of drug-likeness (QED) is 0.716. The van der Waals surface area contributed by atoms with Gasteiger partial charge in [-0.1, -0.05) is 23.7 Å². The predicted molar refractivity (Wildman–Crippen MR) is 102 cm³/mol. The molecule has 0 saturated carbocycles. The van der Waals surface area contributed by atoms with Crippen LogP contribution in [0.2, 0.25) is 5.15 Å². The van der Waals surface area contributed by atoms with Crippen LogP contribution in [0.15, 0.2) is 36.5 Å². The lowest BCUT2D eigenvalue weighted by Gasteiger charge is -2.31. The summed E-state index contributed by atoms with van der Waals surface area (Å²) in [6.45, 7) is 1.75. The Morgan fingerprint density at radius 2 is 2.00 bits per heavy atom. The van der Waals surface area contributed by atoms with Crippen molar-refractivity contribution in [1.29, 1.82) is 0 Å². The average molecular weight is 392 g/mol. The van der Waals surface area contributed by atoms with E-state index in [1.165, 1.54) is 0 Å². The summed E-state index contributed by atoms with van der Waals surface area (Å²) >= 11 is 6.02. The predicted octanol–water partition coefficient (Wildman–Crippen LogP) is 4.38.